The summed E-state index contributed by atoms with van der Waals surface area (Å²) in [5.41, 5.74) is 3.35. The molecule has 2 N–H and O–H groups in total. The van der Waals surface area contributed by atoms with Gasteiger partial charge < -0.3 is 20.1 Å². The predicted octanol–water partition coefficient (Wildman–Crippen LogP) is 4.31. The molecule has 1 atom stereocenters. The van der Waals surface area contributed by atoms with E-state index in [4.69, 9.17) is 21.7 Å². The molecule has 0 saturated heterocycles. The van der Waals surface area contributed by atoms with Crippen molar-refractivity contribution in [2.75, 3.05) is 19.5 Å². The maximum absolute atomic E-state index is 5.41. The summed E-state index contributed by atoms with van der Waals surface area (Å²) in [7, 11) is 3.26. The molecule has 0 fully saturated rings. The number of rotatable bonds is 6. The van der Waals surface area contributed by atoms with Crippen molar-refractivity contribution in [1.82, 2.24) is 5.32 Å². The molecule has 0 aliphatic rings. The van der Waals surface area contributed by atoms with E-state index in [0.29, 0.717) is 16.6 Å². The largest absolute Gasteiger partial charge is 0.493 e. The molecule has 1 unspecified atom stereocenters. The van der Waals surface area contributed by atoms with Gasteiger partial charge in [0.1, 0.15) is 0 Å². The van der Waals surface area contributed by atoms with Gasteiger partial charge in [-0.2, -0.15) is 0 Å². The van der Waals surface area contributed by atoms with Gasteiger partial charge in [0.15, 0.2) is 16.6 Å². The lowest BCUT2D eigenvalue weighted by molar-refractivity contribution is 0.354. The number of benzene rings is 2. The Morgan fingerprint density at radius 3 is 2.29 bits per heavy atom. The molecule has 2 aromatic carbocycles. The van der Waals surface area contributed by atoms with Crippen LogP contribution >= 0.6 is 12.2 Å². The Labute approximate surface area is 149 Å². The number of hydrogen-bond acceptors (Lipinski definition) is 3. The van der Waals surface area contributed by atoms with Crippen LogP contribution in [-0.4, -0.2) is 19.3 Å². The van der Waals surface area contributed by atoms with Crippen molar-refractivity contribution in [3.05, 3.63) is 53.6 Å². The molecule has 0 spiro atoms. The Balaban J connectivity index is 2.00. The van der Waals surface area contributed by atoms with Gasteiger partial charge >= 0.3 is 0 Å². The highest BCUT2D eigenvalue weighted by Crippen LogP contribution is 2.29. The van der Waals surface area contributed by atoms with Crippen LogP contribution < -0.4 is 20.1 Å². The zero-order valence-electron chi connectivity index (χ0n) is 14.6. The first-order chi connectivity index (χ1) is 11.6. The third kappa shape index (κ3) is 4.61. The van der Waals surface area contributed by atoms with Crippen LogP contribution in [0, 0.1) is 0 Å². The average molecular weight is 344 g/mol. The van der Waals surface area contributed by atoms with Crippen LogP contribution in [0.2, 0.25) is 0 Å². The fraction of sp³-hybridized carbons (Fsp3) is 0.316. The fourth-order valence-electron chi connectivity index (χ4n) is 2.39. The molecule has 0 aliphatic carbocycles. The second kappa shape index (κ2) is 8.55. The highest BCUT2D eigenvalue weighted by Gasteiger charge is 2.11. The van der Waals surface area contributed by atoms with Crippen LogP contribution in [0.1, 0.15) is 31.0 Å². The van der Waals surface area contributed by atoms with Crippen molar-refractivity contribution in [1.29, 1.82) is 0 Å². The summed E-state index contributed by atoms with van der Waals surface area (Å²) in [6, 6.07) is 14.2. The van der Waals surface area contributed by atoms with E-state index in [0.717, 1.165) is 17.7 Å². The first kappa shape index (κ1) is 18.1. The molecule has 0 aromatic heterocycles. The summed E-state index contributed by atoms with van der Waals surface area (Å²) < 4.78 is 10.6. The minimum atomic E-state index is 0.0414. The number of methoxy groups -OCH3 is 2. The molecular formula is C19H24N2O2S. The Kier molecular flexibility index (Phi) is 6.44. The minimum Gasteiger partial charge on any atom is -0.493 e. The highest BCUT2D eigenvalue weighted by atomic mass is 32.1. The molecule has 0 radical (unpaired) electrons. The van der Waals surface area contributed by atoms with Crippen molar-refractivity contribution in [3.63, 3.8) is 0 Å². The van der Waals surface area contributed by atoms with E-state index in [1.54, 1.807) is 14.2 Å². The number of anilines is 1. The number of aryl methyl sites for hydroxylation is 1. The standard InChI is InChI=1S/C19H24N2O2S/c1-5-14-6-9-16(10-7-14)21-19(24)20-13(2)15-8-11-17(22-3)18(12-15)23-4/h6-13H,5H2,1-4H3,(H2,20,21,24). The maximum Gasteiger partial charge on any atom is 0.171 e. The van der Waals surface area contributed by atoms with Crippen molar-refractivity contribution in [2.45, 2.75) is 26.3 Å². The lowest BCUT2D eigenvalue weighted by Crippen LogP contribution is -2.30. The van der Waals surface area contributed by atoms with E-state index < -0.39 is 0 Å². The summed E-state index contributed by atoms with van der Waals surface area (Å²) >= 11 is 5.41. The molecular weight excluding hydrogens is 320 g/mol. The van der Waals surface area contributed by atoms with Gasteiger partial charge in [0.25, 0.3) is 0 Å². The van der Waals surface area contributed by atoms with E-state index in [9.17, 15) is 0 Å². The van der Waals surface area contributed by atoms with Crippen LogP contribution in [0.25, 0.3) is 0 Å². The lowest BCUT2D eigenvalue weighted by Gasteiger charge is -2.19. The van der Waals surface area contributed by atoms with Crippen molar-refractivity contribution in [2.24, 2.45) is 0 Å². The van der Waals surface area contributed by atoms with Gasteiger partial charge in [0, 0.05) is 5.69 Å². The van der Waals surface area contributed by atoms with E-state index in [2.05, 4.69) is 36.6 Å². The molecule has 4 nitrogen and oxygen atoms in total. The molecule has 0 bridgehead atoms. The molecule has 5 heteroatoms. The minimum absolute atomic E-state index is 0.0414. The maximum atomic E-state index is 5.41. The van der Waals surface area contributed by atoms with Crippen molar-refractivity contribution >= 4 is 23.0 Å². The van der Waals surface area contributed by atoms with Gasteiger partial charge in [0.2, 0.25) is 0 Å². The van der Waals surface area contributed by atoms with Gasteiger partial charge in [-0.3, -0.25) is 0 Å². The SMILES string of the molecule is CCc1ccc(NC(=S)NC(C)c2ccc(OC)c(OC)c2)cc1. The Hall–Kier alpha value is -2.27. The summed E-state index contributed by atoms with van der Waals surface area (Å²) in [6.45, 7) is 4.19. The summed E-state index contributed by atoms with van der Waals surface area (Å²) in [6.07, 6.45) is 1.03. The second-order valence-corrected chi connectivity index (χ2v) is 5.89. The van der Waals surface area contributed by atoms with Gasteiger partial charge in [0.05, 0.1) is 20.3 Å². The molecule has 128 valence electrons. The molecule has 0 saturated carbocycles. The topological polar surface area (TPSA) is 42.5 Å². The normalized spacial score (nSPS) is 11.5. The van der Waals surface area contributed by atoms with Crippen molar-refractivity contribution in [3.8, 4) is 11.5 Å². The Morgan fingerprint density at radius 1 is 1.04 bits per heavy atom. The second-order valence-electron chi connectivity index (χ2n) is 5.49. The number of thiocarbonyl (C=S) groups is 1. The Morgan fingerprint density at radius 2 is 1.71 bits per heavy atom. The first-order valence-electron chi connectivity index (χ1n) is 7.95. The van der Waals surface area contributed by atoms with E-state index in [1.807, 2.05) is 30.3 Å². The average Bonchev–Trinajstić information content (AvgIpc) is 2.61. The summed E-state index contributed by atoms with van der Waals surface area (Å²) in [4.78, 5) is 0. The van der Waals surface area contributed by atoms with Crippen LogP contribution in [0.5, 0.6) is 11.5 Å². The summed E-state index contributed by atoms with van der Waals surface area (Å²) in [5.74, 6) is 1.42. The quantitative estimate of drug-likeness (QED) is 0.764. The molecule has 0 amide bonds. The molecule has 24 heavy (non-hydrogen) atoms. The molecule has 2 rings (SSSR count). The van der Waals surface area contributed by atoms with Crippen LogP contribution in [0.3, 0.4) is 0 Å². The first-order valence-corrected chi connectivity index (χ1v) is 8.36. The van der Waals surface area contributed by atoms with Crippen LogP contribution in [0.4, 0.5) is 5.69 Å². The Bertz CT molecular complexity index is 686. The zero-order chi connectivity index (χ0) is 17.5. The van der Waals surface area contributed by atoms with E-state index >= 15 is 0 Å². The highest BCUT2D eigenvalue weighted by molar-refractivity contribution is 7.80. The smallest absolute Gasteiger partial charge is 0.171 e. The van der Waals surface area contributed by atoms with E-state index in [-0.39, 0.29) is 6.04 Å². The molecule has 0 aliphatic heterocycles. The monoisotopic (exact) mass is 344 g/mol. The summed E-state index contributed by atoms with van der Waals surface area (Å²) in [5, 5.41) is 7.08. The van der Waals surface area contributed by atoms with Gasteiger partial charge in [-0.25, -0.2) is 0 Å². The number of hydrogen-bond donors (Lipinski definition) is 2. The third-order valence-electron chi connectivity index (χ3n) is 3.88. The number of ether oxygens (including phenoxy) is 2. The van der Waals surface area contributed by atoms with Crippen molar-refractivity contribution < 1.29 is 9.47 Å². The van der Waals surface area contributed by atoms with Gasteiger partial charge in [-0.15, -0.1) is 0 Å². The van der Waals surface area contributed by atoms with Gasteiger partial charge in [-0.05, 0) is 61.0 Å². The van der Waals surface area contributed by atoms with Crippen LogP contribution in [0.15, 0.2) is 42.5 Å². The lowest BCUT2D eigenvalue weighted by atomic mass is 10.1. The number of nitrogens with one attached hydrogen (secondary N) is 2. The predicted molar refractivity (Wildman–Crippen MR) is 103 cm³/mol. The molecule has 2 aromatic rings. The molecule has 0 heterocycles. The van der Waals surface area contributed by atoms with Crippen LogP contribution in [-0.2, 0) is 6.42 Å². The third-order valence-corrected chi connectivity index (χ3v) is 4.10. The van der Waals surface area contributed by atoms with E-state index in [1.165, 1.54) is 5.56 Å². The van der Waals surface area contributed by atoms with Gasteiger partial charge in [-0.1, -0.05) is 25.1 Å². The fourth-order valence-corrected chi connectivity index (χ4v) is 2.69. The zero-order valence-corrected chi connectivity index (χ0v) is 15.4.